The molecular weight excluding hydrogens is 915 g/mol. The minimum absolute atomic E-state index is 0.146. The number of fused-ring (bicyclic) bond motifs is 2. The van der Waals surface area contributed by atoms with Crippen LogP contribution in [0.1, 0.15) is 53.0 Å². The fourth-order valence-electron chi connectivity index (χ4n) is 9.26. The van der Waals surface area contributed by atoms with Gasteiger partial charge in [-0.15, -0.1) is 16.9 Å². The van der Waals surface area contributed by atoms with Crippen molar-refractivity contribution in [2.75, 3.05) is 33.2 Å². The molecule has 0 spiro atoms. The first-order valence-corrected chi connectivity index (χ1v) is 24.8. The quantitative estimate of drug-likeness (QED) is 0.0768. The van der Waals surface area contributed by atoms with E-state index in [9.17, 15) is 0 Å². The lowest BCUT2D eigenvalue weighted by molar-refractivity contribution is -0.369. The van der Waals surface area contributed by atoms with Gasteiger partial charge in [-0.2, -0.15) is 0 Å². The Morgan fingerprint density at radius 2 is 1.13 bits per heavy atom. The van der Waals surface area contributed by atoms with Crippen LogP contribution in [-0.4, -0.2) is 109 Å². The molecule has 0 N–H and O–H groups in total. The number of aromatic nitrogens is 3. The summed E-state index contributed by atoms with van der Waals surface area (Å²) in [6.07, 6.45) is -4.21. The van der Waals surface area contributed by atoms with Crippen molar-refractivity contribution in [2.45, 2.75) is 106 Å². The molecular formula is C54H59N3O12S. The van der Waals surface area contributed by atoms with Crippen LogP contribution >= 0.6 is 11.8 Å². The summed E-state index contributed by atoms with van der Waals surface area (Å²) in [4.78, 5) is 0. The van der Waals surface area contributed by atoms with E-state index >= 15 is 0 Å². The van der Waals surface area contributed by atoms with Crippen LogP contribution in [0.2, 0.25) is 0 Å². The molecule has 4 saturated heterocycles. The number of thioether (sulfide) groups is 1. The van der Waals surface area contributed by atoms with E-state index in [1.165, 1.54) is 0 Å². The van der Waals surface area contributed by atoms with Gasteiger partial charge in [-0.1, -0.05) is 133 Å². The molecule has 0 unspecified atom stereocenters. The average molecular weight is 974 g/mol. The Morgan fingerprint density at radius 3 is 1.76 bits per heavy atom. The maximum Gasteiger partial charge on any atom is 0.186 e. The predicted molar refractivity (Wildman–Crippen MR) is 258 cm³/mol. The molecule has 0 amide bonds. The normalized spacial score (nSPS) is 28.7. The molecule has 70 heavy (non-hydrogen) atoms. The maximum absolute atomic E-state index is 6.82. The van der Waals surface area contributed by atoms with Gasteiger partial charge >= 0.3 is 0 Å². The zero-order valence-corrected chi connectivity index (χ0v) is 40.2. The second-order valence-electron chi connectivity index (χ2n) is 17.3. The molecule has 0 bridgehead atoms. The van der Waals surface area contributed by atoms with Gasteiger partial charge in [0.25, 0.3) is 0 Å². The van der Waals surface area contributed by atoms with Crippen LogP contribution in [0.15, 0.2) is 146 Å². The second kappa shape index (κ2) is 23.5. The molecule has 5 aromatic carbocycles. The van der Waals surface area contributed by atoms with Crippen LogP contribution in [0.3, 0.4) is 0 Å². The minimum Gasteiger partial charge on any atom is -0.497 e. The van der Waals surface area contributed by atoms with Crippen molar-refractivity contribution in [3.8, 4) is 11.4 Å². The number of rotatable bonds is 19. The highest BCUT2D eigenvalue weighted by molar-refractivity contribution is 7.99. The Kier molecular flexibility index (Phi) is 16.3. The summed E-state index contributed by atoms with van der Waals surface area (Å²) in [6.45, 7) is 3.72. The van der Waals surface area contributed by atoms with Crippen LogP contribution in [-0.2, 0) is 78.5 Å². The largest absolute Gasteiger partial charge is 0.497 e. The Morgan fingerprint density at radius 1 is 0.571 bits per heavy atom. The van der Waals surface area contributed by atoms with Crippen molar-refractivity contribution in [3.63, 3.8) is 0 Å². The van der Waals surface area contributed by atoms with E-state index in [0.717, 1.165) is 45.0 Å². The summed E-state index contributed by atoms with van der Waals surface area (Å²) < 4.78 is 79.2. The van der Waals surface area contributed by atoms with E-state index < -0.39 is 61.6 Å². The lowest BCUT2D eigenvalue weighted by Crippen LogP contribution is -2.63. The molecule has 0 aliphatic carbocycles. The molecule has 1 aromatic heterocycles. The van der Waals surface area contributed by atoms with E-state index in [-0.39, 0.29) is 38.0 Å². The van der Waals surface area contributed by atoms with Crippen LogP contribution in [0.25, 0.3) is 5.69 Å². The molecule has 0 radical (unpaired) electrons. The number of para-hydroxylation sites is 1. The number of benzene rings is 5. The summed E-state index contributed by atoms with van der Waals surface area (Å²) in [5.41, 5.74) is 5.73. The third-order valence-corrected chi connectivity index (χ3v) is 13.8. The Hall–Kier alpha value is -5.05. The van der Waals surface area contributed by atoms with Gasteiger partial charge in [-0.25, -0.2) is 4.68 Å². The van der Waals surface area contributed by atoms with Crippen LogP contribution in [0.4, 0.5) is 0 Å². The molecule has 0 saturated carbocycles. The molecule has 12 atom stereocenters. The highest BCUT2D eigenvalue weighted by Gasteiger charge is 2.53. The van der Waals surface area contributed by atoms with Gasteiger partial charge in [0.1, 0.15) is 65.7 Å². The third kappa shape index (κ3) is 11.3. The molecule has 368 valence electrons. The van der Waals surface area contributed by atoms with Gasteiger partial charge in [0, 0.05) is 23.8 Å². The van der Waals surface area contributed by atoms with Gasteiger partial charge in [-0.05, 0) is 35.1 Å². The van der Waals surface area contributed by atoms with Crippen molar-refractivity contribution in [1.82, 2.24) is 15.0 Å². The molecule has 16 heteroatoms. The second-order valence-corrected chi connectivity index (χ2v) is 18.7. The number of ether oxygens (including phenoxy) is 12. The Labute approximate surface area is 412 Å². The highest BCUT2D eigenvalue weighted by Crippen LogP contribution is 2.41. The molecule has 10 rings (SSSR count). The monoisotopic (exact) mass is 973 g/mol. The Bertz CT molecular complexity index is 2530. The van der Waals surface area contributed by atoms with Gasteiger partial charge in [0.2, 0.25) is 0 Å². The first kappa shape index (κ1) is 48.6. The predicted octanol–water partition coefficient (Wildman–Crippen LogP) is 8.29. The summed E-state index contributed by atoms with van der Waals surface area (Å²) >= 11 is 1.67. The number of methoxy groups -OCH3 is 2. The van der Waals surface area contributed by atoms with Gasteiger partial charge in [0.05, 0.1) is 58.6 Å². The number of hydrogen-bond donors (Lipinski definition) is 0. The summed E-state index contributed by atoms with van der Waals surface area (Å²) in [5.74, 6) is 1.57. The lowest BCUT2D eigenvalue weighted by Gasteiger charge is -2.49. The third-order valence-electron chi connectivity index (χ3n) is 12.8. The first-order chi connectivity index (χ1) is 34.5. The van der Waals surface area contributed by atoms with Crippen molar-refractivity contribution in [1.29, 1.82) is 0 Å². The van der Waals surface area contributed by atoms with Crippen LogP contribution in [0, 0.1) is 0 Å². The van der Waals surface area contributed by atoms with E-state index in [2.05, 4.69) is 29.4 Å². The Balaban J connectivity index is 0.863. The van der Waals surface area contributed by atoms with Crippen molar-refractivity contribution < 1.29 is 56.8 Å². The fourth-order valence-corrected chi connectivity index (χ4v) is 10.2. The van der Waals surface area contributed by atoms with Crippen molar-refractivity contribution in [3.05, 3.63) is 179 Å². The van der Waals surface area contributed by atoms with E-state index in [1.807, 2.05) is 134 Å². The van der Waals surface area contributed by atoms with Gasteiger partial charge in [-0.3, -0.25) is 0 Å². The van der Waals surface area contributed by atoms with E-state index in [1.54, 1.807) is 30.7 Å². The summed E-state index contributed by atoms with van der Waals surface area (Å²) in [7, 11) is 3.25. The summed E-state index contributed by atoms with van der Waals surface area (Å²) in [5, 5.41) is 9.16. The first-order valence-electron chi connectivity index (χ1n) is 23.8. The fraction of sp³-hybridized carbons (Fsp3) is 0.407. The van der Waals surface area contributed by atoms with E-state index in [0.29, 0.717) is 18.9 Å². The topological polar surface area (TPSA) is 141 Å². The molecule has 15 nitrogen and oxygen atoms in total. The number of nitrogens with zero attached hydrogens (tertiary/aromatic N) is 3. The van der Waals surface area contributed by atoms with Crippen LogP contribution < -0.4 is 4.74 Å². The standard InChI is InChI=1S/C54H59N3O12S/c1-4-70-54-50(48(61-29-35-16-8-5-9-17-35)46-44(67-54)34-65-52(69-46)38-20-12-7-13-21-38)63-32-40-28-57(56-55-40)42-23-15-14-22-39(42)31-62-49-47(60-30-36-24-26-41(58-2)27-25-36)45-43(66-53(49)59-3)33-64-51(68-45)37-18-10-6-11-19-37/h5-28,43-54H,4,29-34H2,1-3H3/t43-,44-,45-,46-,47+,48+,49-,50-,51-,52-,53+,54+/m1/s1. The summed E-state index contributed by atoms with van der Waals surface area (Å²) in [6, 6.07) is 45.6. The van der Waals surface area contributed by atoms with Crippen LogP contribution in [0.5, 0.6) is 5.75 Å². The molecule has 4 fully saturated rings. The minimum atomic E-state index is -0.783. The average Bonchev–Trinajstić information content (AvgIpc) is 3.90. The zero-order valence-electron chi connectivity index (χ0n) is 39.4. The van der Waals surface area contributed by atoms with Gasteiger partial charge < -0.3 is 56.8 Å². The zero-order chi connectivity index (χ0) is 47.7. The molecule has 6 aromatic rings. The van der Waals surface area contributed by atoms with Crippen molar-refractivity contribution in [2.24, 2.45) is 0 Å². The lowest BCUT2D eigenvalue weighted by atomic mass is 9.97. The SMILES string of the molecule is CCS[C@@H]1O[C@@H]2CO[C@@H](c3ccccc3)O[C@H]2[C@H](OCc2ccccc2)[C@H]1OCc1cn(-c2ccccc2CO[C@H]2[C@@H](OC)O[C@@H]3CO[C@@H](c4ccccc4)O[C@H]3[C@@H]2OCc2ccc(OC)cc2)nn1. The maximum atomic E-state index is 6.82. The molecule has 5 heterocycles. The van der Waals surface area contributed by atoms with E-state index in [4.69, 9.17) is 56.8 Å². The molecule has 4 aliphatic rings. The smallest absolute Gasteiger partial charge is 0.186 e. The van der Waals surface area contributed by atoms with Crippen molar-refractivity contribution >= 4 is 11.8 Å². The number of hydrogen-bond acceptors (Lipinski definition) is 15. The molecule has 4 aliphatic heterocycles. The highest BCUT2D eigenvalue weighted by atomic mass is 32.2. The van der Waals surface area contributed by atoms with Gasteiger partial charge in [0.15, 0.2) is 18.9 Å².